The van der Waals surface area contributed by atoms with Crippen molar-refractivity contribution in [2.24, 2.45) is 0 Å². The highest BCUT2D eigenvalue weighted by Gasteiger charge is 2.36. The summed E-state index contributed by atoms with van der Waals surface area (Å²) < 4.78 is 1.64. The summed E-state index contributed by atoms with van der Waals surface area (Å²) >= 11 is 6.02. The second kappa shape index (κ2) is 8.32. The van der Waals surface area contributed by atoms with Gasteiger partial charge in [0.1, 0.15) is 11.9 Å². The van der Waals surface area contributed by atoms with E-state index >= 15 is 0 Å². The van der Waals surface area contributed by atoms with Crippen LogP contribution in [0, 0.1) is 0 Å². The molecule has 30 heavy (non-hydrogen) atoms. The maximum absolute atomic E-state index is 12.6. The van der Waals surface area contributed by atoms with E-state index < -0.39 is 6.04 Å². The number of carbonyl (C=O) groups excluding carboxylic acids is 2. The van der Waals surface area contributed by atoms with E-state index in [1.54, 1.807) is 4.68 Å². The normalized spacial score (nSPS) is 15.0. The van der Waals surface area contributed by atoms with Gasteiger partial charge >= 0.3 is 0 Å². The molecule has 0 spiro atoms. The highest BCUT2D eigenvalue weighted by atomic mass is 35.5. The van der Waals surface area contributed by atoms with Gasteiger partial charge in [0.25, 0.3) is 5.91 Å². The molecule has 2 amide bonds. The van der Waals surface area contributed by atoms with Gasteiger partial charge in [0.05, 0.1) is 12.1 Å². The molecule has 6 nitrogen and oxygen atoms in total. The Labute approximate surface area is 180 Å². The average Bonchev–Trinajstić information content (AvgIpc) is 3.24. The summed E-state index contributed by atoms with van der Waals surface area (Å²) in [6.45, 7) is 4.10. The van der Waals surface area contributed by atoms with E-state index in [1.807, 2.05) is 55.5 Å². The first-order chi connectivity index (χ1) is 14.5. The lowest BCUT2D eigenvalue weighted by molar-refractivity contribution is -0.123. The number of aryl methyl sites for hydroxylation is 2. The van der Waals surface area contributed by atoms with Gasteiger partial charge in [-0.05, 0) is 48.2 Å². The lowest BCUT2D eigenvalue weighted by Crippen LogP contribution is -2.23. The molecule has 4 rings (SSSR count). The molecule has 2 N–H and O–H groups in total. The number of rotatable bonds is 6. The van der Waals surface area contributed by atoms with Crippen LogP contribution in [-0.4, -0.2) is 21.6 Å². The van der Waals surface area contributed by atoms with E-state index in [4.69, 9.17) is 11.6 Å². The highest BCUT2D eigenvalue weighted by Crippen LogP contribution is 2.39. The zero-order valence-electron chi connectivity index (χ0n) is 16.9. The predicted molar refractivity (Wildman–Crippen MR) is 119 cm³/mol. The summed E-state index contributed by atoms with van der Waals surface area (Å²) in [5.74, 6) is 0.171. The smallest absolute Gasteiger partial charge is 0.251 e. The van der Waals surface area contributed by atoms with E-state index in [-0.39, 0.29) is 18.2 Å². The summed E-state index contributed by atoms with van der Waals surface area (Å²) in [4.78, 5) is 25.2. The van der Waals surface area contributed by atoms with Crippen molar-refractivity contribution < 1.29 is 9.59 Å². The number of amides is 2. The Morgan fingerprint density at radius 3 is 2.43 bits per heavy atom. The number of nitrogens with one attached hydrogen (secondary N) is 2. The Morgan fingerprint density at radius 1 is 1.10 bits per heavy atom. The zero-order chi connectivity index (χ0) is 21.3. The number of hydrogen-bond donors (Lipinski definition) is 2. The van der Waals surface area contributed by atoms with E-state index in [1.165, 1.54) is 5.56 Å². The standard InChI is InChI=1S/C23H23ClN4O2/c1-3-14-5-11-17(12-6-14)25-20(29)13-19-23(30)26-22-21(18(4-2)27-28(19)22)15-7-9-16(24)10-8-15/h5-12,19H,3-4,13H2,1-2H3,(H,25,29)(H,26,30). The molecule has 2 heterocycles. The van der Waals surface area contributed by atoms with Crippen LogP contribution in [0.2, 0.25) is 5.02 Å². The number of aromatic nitrogens is 2. The van der Waals surface area contributed by atoms with Crippen molar-refractivity contribution in [2.75, 3.05) is 10.6 Å². The maximum Gasteiger partial charge on any atom is 0.251 e. The zero-order valence-corrected chi connectivity index (χ0v) is 17.7. The number of halogens is 1. The Hall–Kier alpha value is -3.12. The molecule has 0 radical (unpaired) electrons. The quantitative estimate of drug-likeness (QED) is 0.596. The van der Waals surface area contributed by atoms with E-state index in [2.05, 4.69) is 22.7 Å². The first kappa shape index (κ1) is 20.2. The molecule has 1 aliphatic rings. The molecular formula is C23H23ClN4O2. The Balaban J connectivity index is 1.57. The molecule has 3 aromatic rings. The summed E-state index contributed by atoms with van der Waals surface area (Å²) in [6.07, 6.45) is 1.66. The summed E-state index contributed by atoms with van der Waals surface area (Å²) in [7, 11) is 0. The van der Waals surface area contributed by atoms with Crippen molar-refractivity contribution in [1.82, 2.24) is 9.78 Å². The van der Waals surface area contributed by atoms with Crippen LogP contribution in [0.1, 0.15) is 37.6 Å². The topological polar surface area (TPSA) is 76.0 Å². The number of carbonyl (C=O) groups is 2. The number of hydrogen-bond acceptors (Lipinski definition) is 3. The second-order valence-corrected chi connectivity index (χ2v) is 7.72. The fraction of sp³-hybridized carbons (Fsp3) is 0.261. The van der Waals surface area contributed by atoms with Crippen molar-refractivity contribution in [2.45, 2.75) is 39.2 Å². The van der Waals surface area contributed by atoms with Crippen molar-refractivity contribution in [3.05, 3.63) is 64.8 Å². The van der Waals surface area contributed by atoms with Crippen LogP contribution in [0.15, 0.2) is 48.5 Å². The van der Waals surface area contributed by atoms with Gasteiger partial charge in [0.15, 0.2) is 0 Å². The monoisotopic (exact) mass is 422 g/mol. The molecule has 2 aromatic carbocycles. The van der Waals surface area contributed by atoms with E-state index in [9.17, 15) is 9.59 Å². The van der Waals surface area contributed by atoms with Gasteiger partial charge in [0.2, 0.25) is 5.91 Å². The van der Waals surface area contributed by atoms with Crippen molar-refractivity contribution in [3.63, 3.8) is 0 Å². The van der Waals surface area contributed by atoms with Crippen LogP contribution in [0.4, 0.5) is 11.5 Å². The third kappa shape index (κ3) is 3.83. The Morgan fingerprint density at radius 2 is 1.80 bits per heavy atom. The number of nitrogens with zero attached hydrogens (tertiary/aromatic N) is 2. The molecule has 0 saturated heterocycles. The van der Waals surface area contributed by atoms with Crippen molar-refractivity contribution >= 4 is 34.9 Å². The van der Waals surface area contributed by atoms with Crippen LogP contribution in [0.5, 0.6) is 0 Å². The number of benzene rings is 2. The minimum absolute atomic E-state index is 0.0131. The Kier molecular flexibility index (Phi) is 5.59. The van der Waals surface area contributed by atoms with Crippen LogP contribution < -0.4 is 10.6 Å². The van der Waals surface area contributed by atoms with Crippen molar-refractivity contribution in [3.8, 4) is 11.1 Å². The molecule has 154 valence electrons. The van der Waals surface area contributed by atoms with Crippen molar-refractivity contribution in [1.29, 1.82) is 0 Å². The minimum Gasteiger partial charge on any atom is -0.326 e. The molecule has 0 fully saturated rings. The summed E-state index contributed by atoms with van der Waals surface area (Å²) in [5, 5.41) is 11.1. The lowest BCUT2D eigenvalue weighted by Gasteiger charge is -2.10. The van der Waals surface area contributed by atoms with E-state index in [0.717, 1.165) is 23.2 Å². The van der Waals surface area contributed by atoms with Gasteiger partial charge in [-0.1, -0.05) is 49.7 Å². The maximum atomic E-state index is 12.6. The first-order valence-electron chi connectivity index (χ1n) is 10.1. The molecule has 1 unspecified atom stereocenters. The molecule has 1 aliphatic heterocycles. The minimum atomic E-state index is -0.679. The lowest BCUT2D eigenvalue weighted by atomic mass is 10.0. The summed E-state index contributed by atoms with van der Waals surface area (Å²) in [5.41, 5.74) is 4.59. The predicted octanol–water partition coefficient (Wildman–Crippen LogP) is 4.85. The van der Waals surface area contributed by atoms with Crippen LogP contribution in [-0.2, 0) is 22.4 Å². The van der Waals surface area contributed by atoms with Gasteiger partial charge < -0.3 is 10.6 Å². The van der Waals surface area contributed by atoms with Crippen LogP contribution in [0.25, 0.3) is 11.1 Å². The molecule has 0 bridgehead atoms. The molecule has 1 aromatic heterocycles. The summed E-state index contributed by atoms with van der Waals surface area (Å²) in [6, 6.07) is 14.5. The van der Waals surface area contributed by atoms with Gasteiger partial charge in [-0.25, -0.2) is 4.68 Å². The van der Waals surface area contributed by atoms with E-state index in [0.29, 0.717) is 22.9 Å². The largest absolute Gasteiger partial charge is 0.326 e. The third-order valence-electron chi connectivity index (χ3n) is 5.31. The molecule has 7 heteroatoms. The SMILES string of the molecule is CCc1ccc(NC(=O)CC2C(=O)Nc3c(-c4ccc(Cl)cc4)c(CC)nn32)cc1. The number of anilines is 2. The van der Waals surface area contributed by atoms with Gasteiger partial charge in [0, 0.05) is 16.3 Å². The fourth-order valence-corrected chi connectivity index (χ4v) is 3.82. The molecule has 1 atom stereocenters. The average molecular weight is 423 g/mol. The Bertz CT molecular complexity index is 1090. The fourth-order valence-electron chi connectivity index (χ4n) is 3.70. The van der Waals surface area contributed by atoms with Crippen LogP contribution in [0.3, 0.4) is 0 Å². The first-order valence-corrected chi connectivity index (χ1v) is 10.4. The van der Waals surface area contributed by atoms with Gasteiger partial charge in [-0.2, -0.15) is 5.10 Å². The molecule has 0 aliphatic carbocycles. The van der Waals surface area contributed by atoms with Gasteiger partial charge in [-0.3, -0.25) is 9.59 Å². The number of fused-ring (bicyclic) bond motifs is 1. The van der Waals surface area contributed by atoms with Gasteiger partial charge in [-0.15, -0.1) is 0 Å². The second-order valence-electron chi connectivity index (χ2n) is 7.28. The highest BCUT2D eigenvalue weighted by molar-refractivity contribution is 6.30. The molecular weight excluding hydrogens is 400 g/mol. The van der Waals surface area contributed by atoms with Crippen LogP contribution >= 0.6 is 11.6 Å². The third-order valence-corrected chi connectivity index (χ3v) is 5.57. The molecule has 0 saturated carbocycles.